The smallest absolute Gasteiger partial charge is 0.256 e. The first kappa shape index (κ1) is 18.7. The van der Waals surface area contributed by atoms with E-state index in [-0.39, 0.29) is 14.8 Å². The Hall–Kier alpha value is -2.04. The molecule has 10 heteroatoms. The molecule has 2 amide bonds. The highest BCUT2D eigenvalue weighted by atomic mass is 32.2. The van der Waals surface area contributed by atoms with Crippen LogP contribution in [0, 0.1) is 5.92 Å². The molecule has 2 aliphatic rings. The zero-order valence-corrected chi connectivity index (χ0v) is 15.4. The molecule has 26 heavy (non-hydrogen) atoms. The molecule has 0 radical (unpaired) electrons. The highest BCUT2D eigenvalue weighted by Crippen LogP contribution is 2.40. The number of thiophene rings is 1. The Balaban J connectivity index is 1.95. The quantitative estimate of drug-likeness (QED) is 0.691. The zero-order chi connectivity index (χ0) is 19.3. The van der Waals surface area contributed by atoms with Crippen molar-refractivity contribution >= 4 is 38.0 Å². The number of rotatable bonds is 5. The maximum Gasteiger partial charge on any atom is 0.256 e. The van der Waals surface area contributed by atoms with Crippen LogP contribution in [-0.2, 0) is 14.6 Å². The maximum atomic E-state index is 13.3. The van der Waals surface area contributed by atoms with E-state index in [1.54, 1.807) is 6.92 Å². The van der Waals surface area contributed by atoms with Crippen LogP contribution in [0.4, 0.5) is 9.39 Å². The lowest BCUT2D eigenvalue weighted by atomic mass is 10.0. The van der Waals surface area contributed by atoms with Crippen molar-refractivity contribution in [2.24, 2.45) is 11.7 Å². The average Bonchev–Trinajstić information content (AvgIpc) is 3.14. The van der Waals surface area contributed by atoms with Gasteiger partial charge in [0.15, 0.2) is 9.84 Å². The fourth-order valence-electron chi connectivity index (χ4n) is 2.63. The van der Waals surface area contributed by atoms with Crippen LogP contribution in [0.25, 0.3) is 0 Å². The Bertz CT molecular complexity index is 944. The summed E-state index contributed by atoms with van der Waals surface area (Å²) in [6.45, 7) is 1.57. The van der Waals surface area contributed by atoms with Crippen molar-refractivity contribution in [2.75, 3.05) is 5.32 Å². The van der Waals surface area contributed by atoms with Crippen molar-refractivity contribution in [1.82, 2.24) is 0 Å². The molecule has 2 atom stereocenters. The van der Waals surface area contributed by atoms with Crippen molar-refractivity contribution in [3.8, 4) is 0 Å². The van der Waals surface area contributed by atoms with E-state index in [1.165, 1.54) is 12.2 Å². The number of halogens is 1. The molecular formula is C16H17FN2O5S2. The predicted molar refractivity (Wildman–Crippen MR) is 94.1 cm³/mol. The molecule has 1 aromatic heterocycles. The Morgan fingerprint density at radius 1 is 1.42 bits per heavy atom. The van der Waals surface area contributed by atoms with Crippen LogP contribution < -0.4 is 11.1 Å². The first-order valence-electron chi connectivity index (χ1n) is 7.81. The van der Waals surface area contributed by atoms with Gasteiger partial charge < -0.3 is 16.2 Å². The third-order valence-corrected chi connectivity index (χ3v) is 8.15. The Kier molecular flexibility index (Phi) is 4.53. The molecule has 0 saturated heterocycles. The fraction of sp³-hybridized carbons (Fsp3) is 0.375. The highest BCUT2D eigenvalue weighted by Gasteiger charge is 2.48. The monoisotopic (exact) mass is 400 g/mol. The fourth-order valence-corrected chi connectivity index (χ4v) is 5.95. The van der Waals surface area contributed by atoms with Crippen LogP contribution in [0.2, 0.25) is 0 Å². The predicted octanol–water partition coefficient (Wildman–Crippen LogP) is 1.51. The van der Waals surface area contributed by atoms with Crippen molar-refractivity contribution in [3.05, 3.63) is 35.7 Å². The van der Waals surface area contributed by atoms with Gasteiger partial charge in [-0.2, -0.15) is 0 Å². The third-order valence-electron chi connectivity index (χ3n) is 4.37. The SMILES string of the molecule is CC1C=C(F)C=CC1S(=O)(=O)c1cc(C(N)=O)c(NC(=O)C2(O)CC2)s1. The minimum Gasteiger partial charge on any atom is -0.380 e. The summed E-state index contributed by atoms with van der Waals surface area (Å²) in [6, 6.07) is 1.10. The van der Waals surface area contributed by atoms with Crippen molar-refractivity contribution in [1.29, 1.82) is 0 Å². The number of aliphatic hydroxyl groups is 1. The van der Waals surface area contributed by atoms with Gasteiger partial charge in [-0.1, -0.05) is 13.0 Å². The molecule has 1 aromatic rings. The topological polar surface area (TPSA) is 127 Å². The summed E-state index contributed by atoms with van der Waals surface area (Å²) in [7, 11) is -3.93. The minimum absolute atomic E-state index is 0.0319. The molecule has 1 fully saturated rings. The van der Waals surface area contributed by atoms with E-state index >= 15 is 0 Å². The number of nitrogens with one attached hydrogen (secondary N) is 1. The molecule has 4 N–H and O–H groups in total. The van der Waals surface area contributed by atoms with Gasteiger partial charge in [0.1, 0.15) is 20.6 Å². The molecule has 0 bridgehead atoms. The number of primary amides is 1. The Morgan fingerprint density at radius 2 is 2.08 bits per heavy atom. The number of anilines is 1. The van der Waals surface area contributed by atoms with Gasteiger partial charge in [0.25, 0.3) is 11.8 Å². The second kappa shape index (κ2) is 6.29. The Labute approximate surface area is 153 Å². The summed E-state index contributed by atoms with van der Waals surface area (Å²) in [6.07, 6.45) is 4.13. The van der Waals surface area contributed by atoms with E-state index in [2.05, 4.69) is 5.32 Å². The number of carbonyl (C=O) groups is 2. The second-order valence-corrected chi connectivity index (χ2v) is 9.82. The number of hydrogen-bond acceptors (Lipinski definition) is 6. The van der Waals surface area contributed by atoms with Gasteiger partial charge in [-0.15, -0.1) is 11.3 Å². The summed E-state index contributed by atoms with van der Waals surface area (Å²) < 4.78 is 38.9. The molecule has 0 spiro atoms. The molecule has 3 rings (SSSR count). The maximum absolute atomic E-state index is 13.3. The molecule has 1 saturated carbocycles. The van der Waals surface area contributed by atoms with E-state index < -0.39 is 44.2 Å². The first-order valence-corrected chi connectivity index (χ1v) is 10.2. The van der Waals surface area contributed by atoms with Gasteiger partial charge in [-0.3, -0.25) is 9.59 Å². The summed E-state index contributed by atoms with van der Waals surface area (Å²) in [5, 5.41) is 11.2. The van der Waals surface area contributed by atoms with Crippen LogP contribution in [0.3, 0.4) is 0 Å². The van der Waals surface area contributed by atoms with Crippen LogP contribution in [0.5, 0.6) is 0 Å². The van der Waals surface area contributed by atoms with Crippen LogP contribution in [-0.4, -0.2) is 36.2 Å². The molecular weight excluding hydrogens is 383 g/mol. The molecule has 0 aliphatic heterocycles. The first-order chi connectivity index (χ1) is 12.0. The van der Waals surface area contributed by atoms with Gasteiger partial charge in [0, 0.05) is 0 Å². The van der Waals surface area contributed by atoms with Crippen molar-refractivity contribution in [2.45, 2.75) is 34.8 Å². The largest absolute Gasteiger partial charge is 0.380 e. The van der Waals surface area contributed by atoms with E-state index in [1.807, 2.05) is 0 Å². The zero-order valence-electron chi connectivity index (χ0n) is 13.7. The van der Waals surface area contributed by atoms with Gasteiger partial charge >= 0.3 is 0 Å². The normalized spacial score (nSPS) is 24.0. The summed E-state index contributed by atoms with van der Waals surface area (Å²) in [5.74, 6) is -2.73. The molecule has 140 valence electrons. The number of sulfone groups is 1. The Morgan fingerprint density at radius 3 is 2.62 bits per heavy atom. The number of allylic oxidation sites excluding steroid dienone is 3. The minimum atomic E-state index is -3.93. The molecule has 2 aliphatic carbocycles. The number of hydrogen-bond donors (Lipinski definition) is 3. The number of nitrogens with two attached hydrogens (primary N) is 1. The summed E-state index contributed by atoms with van der Waals surface area (Å²) >= 11 is 0.683. The van der Waals surface area contributed by atoms with Crippen LogP contribution >= 0.6 is 11.3 Å². The van der Waals surface area contributed by atoms with E-state index in [0.717, 1.165) is 12.1 Å². The molecule has 7 nitrogen and oxygen atoms in total. The molecule has 0 aromatic carbocycles. The molecule has 2 unspecified atom stereocenters. The van der Waals surface area contributed by atoms with E-state index in [0.29, 0.717) is 24.2 Å². The van der Waals surface area contributed by atoms with Gasteiger partial charge in [0.2, 0.25) is 0 Å². The molecule has 1 heterocycles. The lowest BCUT2D eigenvalue weighted by Gasteiger charge is -2.20. The van der Waals surface area contributed by atoms with E-state index in [9.17, 15) is 27.5 Å². The van der Waals surface area contributed by atoms with Gasteiger partial charge in [-0.25, -0.2) is 12.8 Å². The number of amides is 2. The lowest BCUT2D eigenvalue weighted by molar-refractivity contribution is -0.125. The van der Waals surface area contributed by atoms with Crippen LogP contribution in [0.15, 0.2) is 34.3 Å². The second-order valence-electron chi connectivity index (χ2n) is 6.44. The van der Waals surface area contributed by atoms with Crippen LogP contribution in [0.1, 0.15) is 30.1 Å². The lowest BCUT2D eigenvalue weighted by Crippen LogP contribution is -2.29. The summed E-state index contributed by atoms with van der Waals surface area (Å²) in [5.41, 5.74) is 3.64. The van der Waals surface area contributed by atoms with Crippen molar-refractivity contribution < 1.29 is 27.5 Å². The van der Waals surface area contributed by atoms with Gasteiger partial charge in [-0.05, 0) is 37.0 Å². The van der Waals surface area contributed by atoms with E-state index in [4.69, 9.17) is 5.73 Å². The highest BCUT2D eigenvalue weighted by molar-refractivity contribution is 7.94. The van der Waals surface area contributed by atoms with Crippen molar-refractivity contribution in [3.63, 3.8) is 0 Å². The standard InChI is InChI=1S/C16H17FN2O5S2/c1-8-6-9(17)2-3-11(8)26(23,24)12-7-10(13(18)20)14(25-12)19-15(21)16(22)4-5-16/h2-3,6-8,11,22H,4-5H2,1H3,(H2,18,20)(H,19,21). The number of carbonyl (C=O) groups excluding carboxylic acids is 2. The summed E-state index contributed by atoms with van der Waals surface area (Å²) in [4.78, 5) is 23.6. The van der Waals surface area contributed by atoms with Gasteiger partial charge in [0.05, 0.1) is 10.8 Å². The third kappa shape index (κ3) is 3.31. The average molecular weight is 400 g/mol.